The van der Waals surface area contributed by atoms with Crippen LogP contribution in [0.25, 0.3) is 11.1 Å². The molecular formula is C42H67NO9. The largest absolute Gasteiger partial charge is 0.449 e. The third-order valence-corrected chi connectivity index (χ3v) is 8.98. The molecule has 294 valence electrons. The van der Waals surface area contributed by atoms with Crippen LogP contribution >= 0.6 is 0 Å². The van der Waals surface area contributed by atoms with Gasteiger partial charge in [-0.2, -0.15) is 0 Å². The maximum Gasteiger partial charge on any atom is 0.407 e. The van der Waals surface area contributed by atoms with Crippen LogP contribution in [0.1, 0.15) is 94.6 Å². The van der Waals surface area contributed by atoms with Gasteiger partial charge in [-0.25, -0.2) is 4.79 Å². The first-order chi connectivity index (χ1) is 25.8. The van der Waals surface area contributed by atoms with E-state index in [0.29, 0.717) is 99.0 Å². The molecule has 1 aliphatic carbocycles. The molecule has 0 aromatic heterocycles. The van der Waals surface area contributed by atoms with Gasteiger partial charge in [-0.05, 0) is 28.7 Å². The highest BCUT2D eigenvalue weighted by Crippen LogP contribution is 2.44. The van der Waals surface area contributed by atoms with E-state index in [0.717, 1.165) is 13.0 Å². The van der Waals surface area contributed by atoms with Crippen LogP contribution in [-0.4, -0.2) is 112 Å². The molecule has 0 radical (unpaired) electrons. The van der Waals surface area contributed by atoms with Crippen LogP contribution < -0.4 is 5.32 Å². The van der Waals surface area contributed by atoms with Gasteiger partial charge in [0.15, 0.2) is 0 Å². The van der Waals surface area contributed by atoms with Crippen molar-refractivity contribution in [3.05, 3.63) is 59.7 Å². The Balaban J connectivity index is 0.958. The molecule has 10 nitrogen and oxygen atoms in total. The lowest BCUT2D eigenvalue weighted by Crippen LogP contribution is -2.29. The van der Waals surface area contributed by atoms with E-state index in [1.54, 1.807) is 0 Å². The van der Waals surface area contributed by atoms with Crippen molar-refractivity contribution in [2.45, 2.75) is 83.5 Å². The van der Waals surface area contributed by atoms with Crippen LogP contribution in [0.2, 0.25) is 0 Å². The Bertz CT molecular complexity index is 1100. The maximum absolute atomic E-state index is 12.2. The summed E-state index contributed by atoms with van der Waals surface area (Å²) < 4.78 is 44.4. The molecule has 1 N–H and O–H groups in total. The Morgan fingerprint density at radius 3 is 1.29 bits per heavy atom. The number of unbranched alkanes of at least 4 members (excludes halogenated alkanes) is 10. The first kappa shape index (κ1) is 43.8. The number of fused-ring (bicyclic) bond motifs is 3. The summed E-state index contributed by atoms with van der Waals surface area (Å²) in [7, 11) is 0. The molecular weight excluding hydrogens is 662 g/mol. The first-order valence-corrected chi connectivity index (χ1v) is 19.9. The molecule has 10 heteroatoms. The molecule has 0 unspecified atom stereocenters. The second-order valence-electron chi connectivity index (χ2n) is 13.1. The minimum Gasteiger partial charge on any atom is -0.449 e. The van der Waals surface area contributed by atoms with E-state index in [9.17, 15) is 4.79 Å². The molecule has 0 saturated carbocycles. The smallest absolute Gasteiger partial charge is 0.407 e. The summed E-state index contributed by atoms with van der Waals surface area (Å²) in [5.41, 5.74) is 4.80. The molecule has 2 aromatic rings. The number of hydrogen-bond donors (Lipinski definition) is 1. The first-order valence-electron chi connectivity index (χ1n) is 19.9. The van der Waals surface area contributed by atoms with Crippen molar-refractivity contribution in [2.75, 3.05) is 106 Å². The van der Waals surface area contributed by atoms with E-state index < -0.39 is 6.09 Å². The summed E-state index contributed by atoms with van der Waals surface area (Å²) in [6.07, 6.45) is 14.4. The minimum atomic E-state index is -0.443. The molecule has 0 bridgehead atoms. The van der Waals surface area contributed by atoms with Crippen LogP contribution in [0.3, 0.4) is 0 Å². The molecule has 1 amide bonds. The second kappa shape index (κ2) is 30.8. The minimum absolute atomic E-state index is 0.0449. The Labute approximate surface area is 313 Å². The van der Waals surface area contributed by atoms with Crippen LogP contribution in [0.4, 0.5) is 4.79 Å². The average molecular weight is 730 g/mol. The summed E-state index contributed by atoms with van der Waals surface area (Å²) in [5.74, 6) is 0.0449. The average Bonchev–Trinajstić information content (AvgIpc) is 3.49. The van der Waals surface area contributed by atoms with Gasteiger partial charge in [0, 0.05) is 19.1 Å². The number of carbonyl (C=O) groups is 1. The van der Waals surface area contributed by atoms with Crippen LogP contribution in [0, 0.1) is 0 Å². The molecule has 0 aliphatic heterocycles. The molecule has 0 spiro atoms. The molecule has 0 fully saturated rings. The highest BCUT2D eigenvalue weighted by atomic mass is 16.6. The van der Waals surface area contributed by atoms with E-state index in [2.05, 4.69) is 36.5 Å². The third-order valence-electron chi connectivity index (χ3n) is 8.98. The van der Waals surface area contributed by atoms with Gasteiger partial charge in [0.25, 0.3) is 0 Å². The number of ether oxygens (including phenoxy) is 8. The predicted octanol–water partition coefficient (Wildman–Crippen LogP) is 7.95. The molecule has 0 saturated heterocycles. The molecule has 52 heavy (non-hydrogen) atoms. The maximum atomic E-state index is 12.2. The fraction of sp³-hybridized carbons (Fsp3) is 0.690. The lowest BCUT2D eigenvalue weighted by Gasteiger charge is -2.14. The fourth-order valence-corrected chi connectivity index (χ4v) is 6.16. The Kier molecular flexibility index (Phi) is 26.0. The van der Waals surface area contributed by atoms with Crippen molar-refractivity contribution in [1.29, 1.82) is 0 Å². The summed E-state index contributed by atoms with van der Waals surface area (Å²) in [6, 6.07) is 16.6. The van der Waals surface area contributed by atoms with E-state index >= 15 is 0 Å². The van der Waals surface area contributed by atoms with Crippen LogP contribution in [0.15, 0.2) is 48.5 Å². The van der Waals surface area contributed by atoms with Gasteiger partial charge in [0.2, 0.25) is 0 Å². The van der Waals surface area contributed by atoms with Gasteiger partial charge >= 0.3 is 6.09 Å². The second-order valence-corrected chi connectivity index (χ2v) is 13.1. The van der Waals surface area contributed by atoms with Crippen molar-refractivity contribution in [1.82, 2.24) is 5.32 Å². The van der Waals surface area contributed by atoms with Crippen molar-refractivity contribution in [2.24, 2.45) is 0 Å². The highest BCUT2D eigenvalue weighted by molar-refractivity contribution is 5.79. The van der Waals surface area contributed by atoms with Gasteiger partial charge in [0.1, 0.15) is 6.61 Å². The standard InChI is InChI=1S/C42H67NO9/c1-2-3-4-5-6-7-8-9-10-11-16-22-45-24-26-47-28-30-49-32-34-51-35-33-50-31-29-48-27-25-46-23-21-43-42(44)52-36-41-39-19-14-12-17-37(39)38-18-13-15-20-40(38)41/h12-15,17-20,41H,2-11,16,21-36H2,1H3,(H,43,44). The van der Waals surface area contributed by atoms with Gasteiger partial charge in [-0.1, -0.05) is 120 Å². The number of alkyl carbamates (subject to hydrolysis) is 1. The Morgan fingerprint density at radius 2 is 0.846 bits per heavy atom. The quantitative estimate of drug-likeness (QED) is 0.0709. The molecule has 2 aromatic carbocycles. The molecule has 3 rings (SSSR count). The Hall–Kier alpha value is -2.57. The van der Waals surface area contributed by atoms with Gasteiger partial charge in [-0.15, -0.1) is 0 Å². The van der Waals surface area contributed by atoms with Crippen molar-refractivity contribution in [3.63, 3.8) is 0 Å². The highest BCUT2D eigenvalue weighted by Gasteiger charge is 2.28. The normalized spacial score (nSPS) is 12.2. The van der Waals surface area contributed by atoms with Crippen LogP contribution in [0.5, 0.6) is 0 Å². The third kappa shape index (κ3) is 20.0. The number of rotatable bonds is 35. The number of carbonyl (C=O) groups excluding carboxylic acids is 1. The summed E-state index contributed by atoms with van der Waals surface area (Å²) in [5, 5.41) is 2.75. The number of hydrogen-bond acceptors (Lipinski definition) is 9. The van der Waals surface area contributed by atoms with Gasteiger partial charge in [-0.3, -0.25) is 0 Å². The lowest BCUT2D eigenvalue weighted by atomic mass is 9.98. The zero-order chi connectivity index (χ0) is 36.6. The topological polar surface area (TPSA) is 103 Å². The SMILES string of the molecule is CCCCCCCCCCCCCOCCOCCOCCOCCOCCOCCOCCNC(=O)OCC1c2ccccc2-c2ccccc21. The molecule has 0 atom stereocenters. The molecule has 1 aliphatic rings. The number of benzene rings is 2. The van der Waals surface area contributed by atoms with E-state index in [-0.39, 0.29) is 5.92 Å². The van der Waals surface area contributed by atoms with Crippen molar-refractivity contribution < 1.29 is 42.7 Å². The summed E-state index contributed by atoms with van der Waals surface area (Å²) in [6.45, 7) is 10.4. The fourth-order valence-electron chi connectivity index (χ4n) is 6.16. The van der Waals surface area contributed by atoms with Crippen molar-refractivity contribution >= 4 is 6.09 Å². The van der Waals surface area contributed by atoms with Gasteiger partial charge in [0.05, 0.1) is 85.9 Å². The number of amides is 1. The Morgan fingerprint density at radius 1 is 0.481 bits per heavy atom. The predicted molar refractivity (Wildman–Crippen MR) is 205 cm³/mol. The van der Waals surface area contributed by atoms with Crippen LogP contribution in [-0.2, 0) is 37.9 Å². The summed E-state index contributed by atoms with van der Waals surface area (Å²) >= 11 is 0. The zero-order valence-electron chi connectivity index (χ0n) is 32.0. The lowest BCUT2D eigenvalue weighted by molar-refractivity contribution is -0.0204. The van der Waals surface area contributed by atoms with E-state index in [1.165, 1.54) is 86.5 Å². The van der Waals surface area contributed by atoms with Crippen molar-refractivity contribution in [3.8, 4) is 11.1 Å². The monoisotopic (exact) mass is 729 g/mol. The van der Waals surface area contributed by atoms with E-state index in [1.807, 2.05) is 24.3 Å². The van der Waals surface area contributed by atoms with Gasteiger partial charge < -0.3 is 43.2 Å². The zero-order valence-corrected chi connectivity index (χ0v) is 32.0. The molecule has 0 heterocycles. The summed E-state index contributed by atoms with van der Waals surface area (Å²) in [4.78, 5) is 12.2. The van der Waals surface area contributed by atoms with E-state index in [4.69, 9.17) is 37.9 Å². The number of nitrogens with one attached hydrogen (secondary N) is 1.